The van der Waals surface area contributed by atoms with Gasteiger partial charge < -0.3 is 0 Å². The Morgan fingerprint density at radius 1 is 1.16 bits per heavy atom. The molecular formula is C15H14N4. The standard InChI is InChI=1S/C15H14N4/c16-10-13-12-8-4-5-9-14(12)18-19(15(13)17)11-6-2-1-3-7-11/h1-3,6-7,17H,4-5,8-9H2. The molecule has 0 saturated carbocycles. The lowest BCUT2D eigenvalue weighted by Gasteiger charge is -2.18. The second kappa shape index (κ2) is 4.69. The number of aryl methyl sites for hydroxylation is 1. The molecular weight excluding hydrogens is 236 g/mol. The van der Waals surface area contributed by atoms with Gasteiger partial charge in [0.25, 0.3) is 0 Å². The van der Waals surface area contributed by atoms with Gasteiger partial charge in [-0.2, -0.15) is 10.4 Å². The number of hydrogen-bond acceptors (Lipinski definition) is 3. The van der Waals surface area contributed by atoms with Gasteiger partial charge in [-0.1, -0.05) is 18.2 Å². The first-order chi connectivity index (χ1) is 9.31. The molecule has 0 amide bonds. The first-order valence-electron chi connectivity index (χ1n) is 6.46. The molecule has 1 aliphatic rings. The van der Waals surface area contributed by atoms with E-state index in [0.717, 1.165) is 42.6 Å². The minimum Gasteiger partial charge on any atom is -0.282 e. The molecule has 4 nitrogen and oxygen atoms in total. The highest BCUT2D eigenvalue weighted by Gasteiger charge is 2.18. The molecule has 0 saturated heterocycles. The van der Waals surface area contributed by atoms with Gasteiger partial charge in [-0.25, -0.2) is 4.68 Å². The van der Waals surface area contributed by atoms with E-state index < -0.39 is 0 Å². The molecule has 0 spiro atoms. The maximum atomic E-state index is 9.33. The summed E-state index contributed by atoms with van der Waals surface area (Å²) in [4.78, 5) is 0. The van der Waals surface area contributed by atoms with Crippen LogP contribution in [0.2, 0.25) is 0 Å². The zero-order chi connectivity index (χ0) is 13.2. The predicted molar refractivity (Wildman–Crippen MR) is 70.8 cm³/mol. The zero-order valence-electron chi connectivity index (χ0n) is 10.6. The van der Waals surface area contributed by atoms with Crippen molar-refractivity contribution in [2.24, 2.45) is 0 Å². The highest BCUT2D eigenvalue weighted by molar-refractivity contribution is 5.41. The lowest BCUT2D eigenvalue weighted by Crippen LogP contribution is -2.29. The Morgan fingerprint density at radius 2 is 1.89 bits per heavy atom. The number of para-hydroxylation sites is 1. The van der Waals surface area contributed by atoms with Gasteiger partial charge in [0.05, 0.1) is 11.4 Å². The van der Waals surface area contributed by atoms with E-state index >= 15 is 0 Å². The Labute approximate surface area is 111 Å². The number of nitrogens with one attached hydrogen (secondary N) is 1. The van der Waals surface area contributed by atoms with Crippen LogP contribution in [-0.2, 0) is 12.8 Å². The van der Waals surface area contributed by atoms with Gasteiger partial charge in [0.15, 0.2) is 5.49 Å². The van der Waals surface area contributed by atoms with Gasteiger partial charge in [0.1, 0.15) is 11.6 Å². The molecule has 0 radical (unpaired) electrons. The number of rotatable bonds is 1. The zero-order valence-corrected chi connectivity index (χ0v) is 10.6. The number of nitriles is 1. The average molecular weight is 250 g/mol. The highest BCUT2D eigenvalue weighted by Crippen LogP contribution is 2.20. The van der Waals surface area contributed by atoms with Crippen LogP contribution in [0.5, 0.6) is 0 Å². The summed E-state index contributed by atoms with van der Waals surface area (Å²) in [6, 6.07) is 11.7. The van der Waals surface area contributed by atoms with Crippen molar-refractivity contribution < 1.29 is 0 Å². The van der Waals surface area contributed by atoms with Crippen molar-refractivity contribution in [2.45, 2.75) is 25.7 Å². The monoisotopic (exact) mass is 250 g/mol. The fourth-order valence-corrected chi connectivity index (χ4v) is 2.57. The second-order valence-electron chi connectivity index (χ2n) is 4.72. The largest absolute Gasteiger partial charge is 0.282 e. The van der Waals surface area contributed by atoms with Gasteiger partial charge >= 0.3 is 0 Å². The fraction of sp³-hybridized carbons (Fsp3) is 0.267. The van der Waals surface area contributed by atoms with Crippen LogP contribution >= 0.6 is 0 Å². The van der Waals surface area contributed by atoms with Crippen molar-refractivity contribution >= 4 is 0 Å². The van der Waals surface area contributed by atoms with Crippen LogP contribution in [0.4, 0.5) is 0 Å². The van der Waals surface area contributed by atoms with Crippen molar-refractivity contribution in [3.63, 3.8) is 0 Å². The van der Waals surface area contributed by atoms with Crippen LogP contribution < -0.4 is 5.49 Å². The molecule has 0 aliphatic heterocycles. The van der Waals surface area contributed by atoms with Crippen LogP contribution in [0.25, 0.3) is 5.69 Å². The molecule has 1 aromatic carbocycles. The van der Waals surface area contributed by atoms with Crippen LogP contribution in [0.15, 0.2) is 30.3 Å². The van der Waals surface area contributed by atoms with E-state index in [1.54, 1.807) is 4.68 Å². The maximum Gasteiger partial charge on any atom is 0.164 e. The number of hydrogen-bond donors (Lipinski definition) is 1. The summed E-state index contributed by atoms with van der Waals surface area (Å²) in [6.07, 6.45) is 3.96. The Balaban J connectivity index is 2.28. The smallest absolute Gasteiger partial charge is 0.164 e. The molecule has 0 fully saturated rings. The summed E-state index contributed by atoms with van der Waals surface area (Å²) < 4.78 is 1.57. The van der Waals surface area contributed by atoms with Crippen LogP contribution in [0.3, 0.4) is 0 Å². The van der Waals surface area contributed by atoms with Gasteiger partial charge in [0, 0.05) is 0 Å². The molecule has 19 heavy (non-hydrogen) atoms. The lowest BCUT2D eigenvalue weighted by molar-refractivity contribution is 0.620. The third kappa shape index (κ3) is 1.93. The predicted octanol–water partition coefficient (Wildman–Crippen LogP) is 2.10. The number of aromatic nitrogens is 2. The van der Waals surface area contributed by atoms with Gasteiger partial charge in [-0.05, 0) is 43.4 Å². The molecule has 1 aliphatic carbocycles. The van der Waals surface area contributed by atoms with Crippen molar-refractivity contribution in [2.75, 3.05) is 0 Å². The molecule has 1 aromatic heterocycles. The Bertz CT molecular complexity index is 707. The summed E-state index contributed by atoms with van der Waals surface area (Å²) in [5, 5.41) is 22.1. The Hall–Kier alpha value is -2.41. The number of benzene rings is 1. The highest BCUT2D eigenvalue weighted by atomic mass is 15.3. The van der Waals surface area contributed by atoms with E-state index in [-0.39, 0.29) is 5.49 Å². The first-order valence-corrected chi connectivity index (χ1v) is 6.46. The molecule has 0 atom stereocenters. The number of nitrogens with zero attached hydrogens (tertiary/aromatic N) is 3. The van der Waals surface area contributed by atoms with Crippen molar-refractivity contribution in [3.8, 4) is 11.8 Å². The molecule has 4 heteroatoms. The normalized spacial score (nSPS) is 13.6. The Kier molecular flexibility index (Phi) is 2.88. The van der Waals surface area contributed by atoms with E-state index in [9.17, 15) is 5.26 Å². The molecule has 94 valence electrons. The van der Waals surface area contributed by atoms with Crippen molar-refractivity contribution in [1.29, 1.82) is 10.7 Å². The summed E-state index contributed by atoms with van der Waals surface area (Å²) >= 11 is 0. The SMILES string of the molecule is N#Cc1c2c(nn(-c3ccccc3)c1=N)CCCC2. The minimum absolute atomic E-state index is 0.189. The summed E-state index contributed by atoms with van der Waals surface area (Å²) in [6.45, 7) is 0. The quantitative estimate of drug-likeness (QED) is 0.842. The first kappa shape index (κ1) is 11.7. The average Bonchev–Trinajstić information content (AvgIpc) is 2.47. The third-order valence-electron chi connectivity index (χ3n) is 3.52. The van der Waals surface area contributed by atoms with Gasteiger partial charge in [0.2, 0.25) is 0 Å². The number of fused-ring (bicyclic) bond motifs is 1. The maximum absolute atomic E-state index is 9.33. The van der Waals surface area contributed by atoms with E-state index in [1.807, 2.05) is 30.3 Å². The molecule has 1 N–H and O–H groups in total. The van der Waals surface area contributed by atoms with E-state index in [2.05, 4.69) is 11.2 Å². The van der Waals surface area contributed by atoms with Crippen molar-refractivity contribution in [3.05, 3.63) is 52.6 Å². The molecule has 3 rings (SSSR count). The van der Waals surface area contributed by atoms with E-state index in [1.165, 1.54) is 0 Å². The minimum atomic E-state index is 0.189. The van der Waals surface area contributed by atoms with Crippen molar-refractivity contribution in [1.82, 2.24) is 9.78 Å². The molecule has 2 aromatic rings. The van der Waals surface area contributed by atoms with E-state index in [4.69, 9.17) is 5.41 Å². The lowest BCUT2D eigenvalue weighted by atomic mass is 9.93. The van der Waals surface area contributed by atoms with Crippen LogP contribution in [-0.4, -0.2) is 9.78 Å². The summed E-state index contributed by atoms with van der Waals surface area (Å²) in [5.41, 5.74) is 3.45. The second-order valence-corrected chi connectivity index (χ2v) is 4.72. The van der Waals surface area contributed by atoms with E-state index in [0.29, 0.717) is 5.56 Å². The Morgan fingerprint density at radius 3 is 2.63 bits per heavy atom. The molecule has 1 heterocycles. The van der Waals surface area contributed by atoms with Crippen LogP contribution in [0, 0.1) is 16.7 Å². The molecule has 0 unspecified atom stereocenters. The third-order valence-corrected chi connectivity index (χ3v) is 3.52. The fourth-order valence-electron chi connectivity index (χ4n) is 2.57. The molecule has 0 bridgehead atoms. The summed E-state index contributed by atoms with van der Waals surface area (Å²) in [5.74, 6) is 0. The topological polar surface area (TPSA) is 65.5 Å². The van der Waals surface area contributed by atoms with Gasteiger partial charge in [-0.15, -0.1) is 0 Å². The summed E-state index contributed by atoms with van der Waals surface area (Å²) in [7, 11) is 0. The van der Waals surface area contributed by atoms with Gasteiger partial charge in [-0.3, -0.25) is 5.41 Å². The van der Waals surface area contributed by atoms with Crippen LogP contribution in [0.1, 0.15) is 29.7 Å².